The number of hydrogen-bond donors (Lipinski definition) is 1. The lowest BCUT2D eigenvalue weighted by atomic mass is 10.2. The van der Waals surface area contributed by atoms with E-state index in [4.69, 9.17) is 0 Å². The molecule has 98 valence electrons. The molecule has 0 aliphatic rings. The maximum atomic E-state index is 13.6. The van der Waals surface area contributed by atoms with Crippen molar-refractivity contribution in [3.8, 4) is 0 Å². The van der Waals surface area contributed by atoms with Gasteiger partial charge in [0.1, 0.15) is 5.82 Å². The summed E-state index contributed by atoms with van der Waals surface area (Å²) in [4.78, 5) is 12.0. The Labute approximate surface area is 127 Å². The monoisotopic (exact) mass is 385 g/mol. The van der Waals surface area contributed by atoms with Gasteiger partial charge >= 0.3 is 0 Å². The van der Waals surface area contributed by atoms with Crippen molar-refractivity contribution in [1.29, 1.82) is 0 Å². The molecule has 1 N–H and O–H groups in total. The number of rotatable bonds is 3. The van der Waals surface area contributed by atoms with Crippen molar-refractivity contribution in [2.75, 3.05) is 5.32 Å². The highest BCUT2D eigenvalue weighted by molar-refractivity contribution is 9.10. The first-order chi connectivity index (χ1) is 9.11. The first-order valence-electron chi connectivity index (χ1n) is 5.52. The minimum Gasteiger partial charge on any atom is -0.322 e. The minimum atomic E-state index is -0.552. The van der Waals surface area contributed by atoms with Gasteiger partial charge in [-0.2, -0.15) is 0 Å². The number of benzene rings is 2. The summed E-state index contributed by atoms with van der Waals surface area (Å²) < 4.78 is 14.1. The molecule has 0 bridgehead atoms. The second kappa shape index (κ2) is 6.30. The lowest BCUT2D eigenvalue weighted by Crippen LogP contribution is -2.14. The van der Waals surface area contributed by atoms with E-state index >= 15 is 0 Å². The number of nitrogens with one attached hydrogen (secondary N) is 1. The fourth-order valence-electron chi connectivity index (χ4n) is 1.59. The third-order valence-corrected chi connectivity index (χ3v) is 3.86. The van der Waals surface area contributed by atoms with E-state index in [0.29, 0.717) is 10.2 Å². The SMILES string of the molecule is O=C(Nc1ccc(CBr)cc1)c1c(F)cccc1Br. The summed E-state index contributed by atoms with van der Waals surface area (Å²) in [5.41, 5.74) is 1.74. The van der Waals surface area contributed by atoms with Crippen molar-refractivity contribution < 1.29 is 9.18 Å². The molecule has 0 radical (unpaired) electrons. The van der Waals surface area contributed by atoms with Crippen LogP contribution in [0.25, 0.3) is 0 Å². The predicted molar refractivity (Wildman–Crippen MR) is 81.1 cm³/mol. The second-order valence-electron chi connectivity index (χ2n) is 3.88. The van der Waals surface area contributed by atoms with Gasteiger partial charge in [-0.1, -0.05) is 34.1 Å². The van der Waals surface area contributed by atoms with Crippen LogP contribution < -0.4 is 5.32 Å². The number of anilines is 1. The number of carbonyl (C=O) groups excluding carboxylic acids is 1. The molecule has 0 fully saturated rings. The van der Waals surface area contributed by atoms with Gasteiger partial charge in [-0.3, -0.25) is 4.79 Å². The topological polar surface area (TPSA) is 29.1 Å². The molecule has 2 aromatic rings. The molecule has 0 aliphatic carbocycles. The van der Waals surface area contributed by atoms with E-state index in [-0.39, 0.29) is 5.56 Å². The summed E-state index contributed by atoms with van der Waals surface area (Å²) in [6.45, 7) is 0. The summed E-state index contributed by atoms with van der Waals surface area (Å²) in [6, 6.07) is 11.8. The van der Waals surface area contributed by atoms with Gasteiger partial charge in [-0.15, -0.1) is 0 Å². The van der Waals surface area contributed by atoms with Crippen LogP contribution in [-0.4, -0.2) is 5.91 Å². The van der Waals surface area contributed by atoms with Crippen LogP contribution in [0.3, 0.4) is 0 Å². The molecule has 0 atom stereocenters. The fourth-order valence-corrected chi connectivity index (χ4v) is 2.48. The molecule has 0 aromatic heterocycles. The van der Waals surface area contributed by atoms with E-state index in [0.717, 1.165) is 10.9 Å². The van der Waals surface area contributed by atoms with Crippen molar-refractivity contribution in [3.63, 3.8) is 0 Å². The molecule has 0 unspecified atom stereocenters. The number of alkyl halides is 1. The van der Waals surface area contributed by atoms with Gasteiger partial charge < -0.3 is 5.32 Å². The van der Waals surface area contributed by atoms with Crippen LogP contribution in [-0.2, 0) is 5.33 Å². The molecule has 0 spiro atoms. The van der Waals surface area contributed by atoms with Crippen LogP contribution in [0.1, 0.15) is 15.9 Å². The van der Waals surface area contributed by atoms with Crippen molar-refractivity contribution in [2.24, 2.45) is 0 Å². The summed E-state index contributed by atoms with van der Waals surface area (Å²) in [5, 5.41) is 3.42. The Morgan fingerprint density at radius 3 is 2.42 bits per heavy atom. The average Bonchev–Trinajstić information content (AvgIpc) is 2.39. The first-order valence-corrected chi connectivity index (χ1v) is 7.43. The maximum absolute atomic E-state index is 13.6. The van der Waals surface area contributed by atoms with Crippen molar-refractivity contribution >= 4 is 43.5 Å². The molecule has 0 heterocycles. The molecular formula is C14H10Br2FNO. The molecule has 2 rings (SSSR count). The Morgan fingerprint density at radius 1 is 1.16 bits per heavy atom. The number of hydrogen-bond acceptors (Lipinski definition) is 1. The number of carbonyl (C=O) groups is 1. The van der Waals surface area contributed by atoms with E-state index in [2.05, 4.69) is 37.2 Å². The van der Waals surface area contributed by atoms with Crippen LogP contribution in [0.5, 0.6) is 0 Å². The Morgan fingerprint density at radius 2 is 1.84 bits per heavy atom. The highest BCUT2D eigenvalue weighted by Crippen LogP contribution is 2.21. The van der Waals surface area contributed by atoms with Gasteiger partial charge in [0.15, 0.2) is 0 Å². The molecular weight excluding hydrogens is 377 g/mol. The van der Waals surface area contributed by atoms with Crippen LogP contribution in [0.2, 0.25) is 0 Å². The van der Waals surface area contributed by atoms with Crippen molar-refractivity contribution in [1.82, 2.24) is 0 Å². The lowest BCUT2D eigenvalue weighted by Gasteiger charge is -2.08. The molecule has 2 nitrogen and oxygen atoms in total. The van der Waals surface area contributed by atoms with E-state index in [9.17, 15) is 9.18 Å². The third kappa shape index (κ3) is 3.42. The largest absolute Gasteiger partial charge is 0.322 e. The zero-order chi connectivity index (χ0) is 13.8. The summed E-state index contributed by atoms with van der Waals surface area (Å²) >= 11 is 6.52. The van der Waals surface area contributed by atoms with Crippen molar-refractivity contribution in [2.45, 2.75) is 5.33 Å². The van der Waals surface area contributed by atoms with Gasteiger partial charge in [-0.25, -0.2) is 4.39 Å². The van der Waals surface area contributed by atoms with E-state index < -0.39 is 11.7 Å². The molecule has 0 saturated heterocycles. The minimum absolute atomic E-state index is 0.00654. The van der Waals surface area contributed by atoms with Gasteiger partial charge in [0, 0.05) is 15.5 Å². The molecule has 0 saturated carbocycles. The normalized spacial score (nSPS) is 10.3. The zero-order valence-corrected chi connectivity index (χ0v) is 13.0. The number of amides is 1. The summed E-state index contributed by atoms with van der Waals surface area (Å²) in [5.74, 6) is -1.03. The van der Waals surface area contributed by atoms with Gasteiger partial charge in [-0.05, 0) is 45.8 Å². The smallest absolute Gasteiger partial charge is 0.259 e. The third-order valence-electron chi connectivity index (χ3n) is 2.56. The van der Waals surface area contributed by atoms with E-state index in [1.54, 1.807) is 24.3 Å². The van der Waals surface area contributed by atoms with Crippen LogP contribution in [0.4, 0.5) is 10.1 Å². The highest BCUT2D eigenvalue weighted by atomic mass is 79.9. The van der Waals surface area contributed by atoms with Crippen LogP contribution in [0, 0.1) is 5.82 Å². The Kier molecular flexibility index (Phi) is 4.71. The molecule has 1 amide bonds. The second-order valence-corrected chi connectivity index (χ2v) is 5.30. The fraction of sp³-hybridized carbons (Fsp3) is 0.0714. The maximum Gasteiger partial charge on any atom is 0.259 e. The van der Waals surface area contributed by atoms with E-state index in [1.807, 2.05) is 12.1 Å². The van der Waals surface area contributed by atoms with Crippen LogP contribution in [0.15, 0.2) is 46.9 Å². The van der Waals surface area contributed by atoms with Gasteiger partial charge in [0.05, 0.1) is 5.56 Å². The molecule has 5 heteroatoms. The Bertz CT molecular complexity index is 579. The van der Waals surface area contributed by atoms with Crippen molar-refractivity contribution in [3.05, 3.63) is 63.9 Å². The molecule has 19 heavy (non-hydrogen) atoms. The molecule has 0 aliphatic heterocycles. The van der Waals surface area contributed by atoms with Gasteiger partial charge in [0.2, 0.25) is 0 Å². The summed E-state index contributed by atoms with van der Waals surface area (Å²) in [6.07, 6.45) is 0. The van der Waals surface area contributed by atoms with E-state index in [1.165, 1.54) is 6.07 Å². The quantitative estimate of drug-likeness (QED) is 0.758. The standard InChI is InChI=1S/C14H10Br2FNO/c15-8-9-4-6-10(7-5-9)18-14(19)13-11(16)2-1-3-12(13)17/h1-7H,8H2,(H,18,19). The van der Waals surface area contributed by atoms with Gasteiger partial charge in [0.25, 0.3) is 5.91 Å². The average molecular weight is 387 g/mol. The summed E-state index contributed by atoms with van der Waals surface area (Å²) in [7, 11) is 0. The first kappa shape index (κ1) is 14.2. The number of halogens is 3. The lowest BCUT2D eigenvalue weighted by molar-refractivity contribution is 0.102. The Balaban J connectivity index is 2.21. The predicted octanol–water partition coefficient (Wildman–Crippen LogP) is 4.74. The van der Waals surface area contributed by atoms with Crippen LogP contribution >= 0.6 is 31.9 Å². The highest BCUT2D eigenvalue weighted by Gasteiger charge is 2.15. The molecule has 2 aromatic carbocycles. The Hall–Kier alpha value is -1.20. The zero-order valence-electron chi connectivity index (χ0n) is 9.79.